The van der Waals surface area contributed by atoms with Crippen LogP contribution in [0, 0.1) is 5.41 Å². The largest absolute Gasteiger partial charge is 0.399 e. The van der Waals surface area contributed by atoms with Crippen molar-refractivity contribution in [2.45, 2.75) is 13.8 Å². The minimum absolute atomic E-state index is 0. The normalized spacial score (nSPS) is 10.3. The topological polar surface area (TPSA) is 98.2 Å². The first-order valence-corrected chi connectivity index (χ1v) is 5.26. The van der Waals surface area contributed by atoms with Gasteiger partial charge in [-0.1, -0.05) is 0 Å². The Morgan fingerprint density at radius 3 is 2.17 bits per heavy atom. The maximum atomic E-state index is 11.7. The number of anilines is 1. The molecule has 1 rings (SSSR count). The molecule has 0 aromatic heterocycles. The highest BCUT2D eigenvalue weighted by Crippen LogP contribution is 2.12. The van der Waals surface area contributed by atoms with Crippen LogP contribution in [0.5, 0.6) is 0 Å². The molecule has 0 bridgehead atoms. The van der Waals surface area contributed by atoms with E-state index in [4.69, 9.17) is 11.5 Å². The number of hydrogen-bond acceptors (Lipinski definition) is 3. The number of rotatable bonds is 4. The molecule has 0 saturated carbocycles. The van der Waals surface area contributed by atoms with Gasteiger partial charge in [0.15, 0.2) is 0 Å². The van der Waals surface area contributed by atoms with Crippen LogP contribution in [0.3, 0.4) is 0 Å². The number of carbonyl (C=O) groups is 2. The van der Waals surface area contributed by atoms with Crippen LogP contribution in [0.2, 0.25) is 0 Å². The van der Waals surface area contributed by atoms with Gasteiger partial charge in [0, 0.05) is 17.8 Å². The fraction of sp³-hybridized carbons (Fsp3) is 0.333. The zero-order chi connectivity index (χ0) is 13.1. The Bertz CT molecular complexity index is 429. The van der Waals surface area contributed by atoms with E-state index in [2.05, 4.69) is 5.32 Å². The molecule has 6 heteroatoms. The predicted octanol–water partition coefficient (Wildman–Crippen LogP) is 0.932. The number of amides is 2. The smallest absolute Gasteiger partial charge is 0.251 e. The van der Waals surface area contributed by atoms with Crippen molar-refractivity contribution in [2.75, 3.05) is 12.3 Å². The van der Waals surface area contributed by atoms with Crippen molar-refractivity contribution in [2.24, 2.45) is 11.1 Å². The van der Waals surface area contributed by atoms with Crippen molar-refractivity contribution in [3.63, 3.8) is 0 Å². The molecule has 0 radical (unpaired) electrons. The van der Waals surface area contributed by atoms with Crippen LogP contribution in [0.25, 0.3) is 0 Å². The summed E-state index contributed by atoms with van der Waals surface area (Å²) >= 11 is 0. The van der Waals surface area contributed by atoms with Gasteiger partial charge in [-0.3, -0.25) is 9.59 Å². The average molecular weight is 272 g/mol. The van der Waals surface area contributed by atoms with Crippen LogP contribution in [0.15, 0.2) is 24.3 Å². The van der Waals surface area contributed by atoms with Gasteiger partial charge in [-0.15, -0.1) is 12.4 Å². The molecule has 5 nitrogen and oxygen atoms in total. The zero-order valence-electron chi connectivity index (χ0n) is 10.4. The van der Waals surface area contributed by atoms with Gasteiger partial charge < -0.3 is 16.8 Å². The summed E-state index contributed by atoms with van der Waals surface area (Å²) in [5.74, 6) is -0.700. The maximum absolute atomic E-state index is 11.7. The Balaban J connectivity index is 0.00000289. The molecule has 18 heavy (non-hydrogen) atoms. The molecular weight excluding hydrogens is 254 g/mol. The van der Waals surface area contributed by atoms with Gasteiger partial charge >= 0.3 is 0 Å². The van der Waals surface area contributed by atoms with Gasteiger partial charge in [-0.25, -0.2) is 0 Å². The van der Waals surface area contributed by atoms with Crippen molar-refractivity contribution in [1.29, 1.82) is 0 Å². The lowest BCUT2D eigenvalue weighted by Crippen LogP contribution is -2.42. The standard InChI is InChI=1S/C12H17N3O2.ClH/c1-12(2,11(14)17)7-15-10(16)8-3-5-9(13)6-4-8;/h3-6H,7,13H2,1-2H3,(H2,14,17)(H,15,16);1H. The highest BCUT2D eigenvalue weighted by Gasteiger charge is 2.25. The van der Waals surface area contributed by atoms with E-state index >= 15 is 0 Å². The highest BCUT2D eigenvalue weighted by molar-refractivity contribution is 5.95. The number of hydrogen-bond donors (Lipinski definition) is 3. The summed E-state index contributed by atoms with van der Waals surface area (Å²) in [4.78, 5) is 22.8. The molecule has 100 valence electrons. The van der Waals surface area contributed by atoms with Gasteiger partial charge in [0.25, 0.3) is 5.91 Å². The lowest BCUT2D eigenvalue weighted by atomic mass is 9.92. The van der Waals surface area contributed by atoms with E-state index < -0.39 is 11.3 Å². The monoisotopic (exact) mass is 271 g/mol. The summed E-state index contributed by atoms with van der Waals surface area (Å²) in [5.41, 5.74) is 11.1. The van der Waals surface area contributed by atoms with Gasteiger partial charge in [-0.05, 0) is 38.1 Å². The number of primary amides is 1. The third kappa shape index (κ3) is 4.25. The second-order valence-corrected chi connectivity index (χ2v) is 4.55. The molecule has 1 aromatic carbocycles. The summed E-state index contributed by atoms with van der Waals surface area (Å²) in [6.45, 7) is 3.56. The van der Waals surface area contributed by atoms with Crippen molar-refractivity contribution < 1.29 is 9.59 Å². The van der Waals surface area contributed by atoms with Gasteiger partial charge in [0.2, 0.25) is 5.91 Å². The molecule has 0 aliphatic heterocycles. The lowest BCUT2D eigenvalue weighted by molar-refractivity contribution is -0.125. The number of halogens is 1. The lowest BCUT2D eigenvalue weighted by Gasteiger charge is -2.20. The summed E-state index contributed by atoms with van der Waals surface area (Å²) in [6.07, 6.45) is 0. The zero-order valence-corrected chi connectivity index (χ0v) is 11.2. The summed E-state index contributed by atoms with van der Waals surface area (Å²) in [6, 6.07) is 6.55. The van der Waals surface area contributed by atoms with Crippen LogP contribution in [-0.4, -0.2) is 18.4 Å². The Morgan fingerprint density at radius 1 is 1.22 bits per heavy atom. The first kappa shape index (κ1) is 16.2. The van der Waals surface area contributed by atoms with Crippen LogP contribution < -0.4 is 16.8 Å². The number of carbonyl (C=O) groups excluding carboxylic acids is 2. The van der Waals surface area contributed by atoms with Crippen LogP contribution in [0.1, 0.15) is 24.2 Å². The second-order valence-electron chi connectivity index (χ2n) is 4.55. The Labute approximate surface area is 112 Å². The van der Waals surface area contributed by atoms with E-state index in [0.717, 1.165) is 0 Å². The van der Waals surface area contributed by atoms with Crippen LogP contribution >= 0.6 is 12.4 Å². The third-order valence-electron chi connectivity index (χ3n) is 2.53. The van der Waals surface area contributed by atoms with Crippen molar-refractivity contribution in [3.8, 4) is 0 Å². The molecule has 0 unspecified atom stereocenters. The fourth-order valence-electron chi connectivity index (χ4n) is 1.12. The van der Waals surface area contributed by atoms with Crippen LogP contribution in [0.4, 0.5) is 5.69 Å². The third-order valence-corrected chi connectivity index (χ3v) is 2.53. The fourth-order valence-corrected chi connectivity index (χ4v) is 1.12. The second kappa shape index (κ2) is 6.26. The van der Waals surface area contributed by atoms with Crippen molar-refractivity contribution in [3.05, 3.63) is 29.8 Å². The summed E-state index contributed by atoms with van der Waals surface area (Å²) < 4.78 is 0. The first-order valence-electron chi connectivity index (χ1n) is 5.26. The predicted molar refractivity (Wildman–Crippen MR) is 73.4 cm³/mol. The van der Waals surface area contributed by atoms with Crippen molar-refractivity contribution in [1.82, 2.24) is 5.32 Å². The van der Waals surface area contributed by atoms with Gasteiger partial charge in [0.1, 0.15) is 0 Å². The SMILES string of the molecule is CC(C)(CNC(=O)c1ccc(N)cc1)C(N)=O.Cl. The Hall–Kier alpha value is -1.75. The molecule has 0 spiro atoms. The maximum Gasteiger partial charge on any atom is 0.251 e. The van der Waals surface area contributed by atoms with Crippen molar-refractivity contribution >= 4 is 29.9 Å². The average Bonchev–Trinajstić information content (AvgIpc) is 2.27. The number of nitrogen functional groups attached to an aromatic ring is 1. The number of nitrogens with two attached hydrogens (primary N) is 2. The van der Waals surface area contributed by atoms with Gasteiger partial charge in [0.05, 0.1) is 5.41 Å². The quantitative estimate of drug-likeness (QED) is 0.711. The van der Waals surface area contributed by atoms with Gasteiger partial charge in [-0.2, -0.15) is 0 Å². The molecular formula is C12H18ClN3O2. The summed E-state index contributed by atoms with van der Waals surface area (Å²) in [7, 11) is 0. The minimum atomic E-state index is -0.760. The van der Waals surface area contributed by atoms with E-state index in [9.17, 15) is 9.59 Å². The van der Waals surface area contributed by atoms with E-state index in [1.54, 1.807) is 38.1 Å². The minimum Gasteiger partial charge on any atom is -0.399 e. The van der Waals surface area contributed by atoms with E-state index in [1.165, 1.54) is 0 Å². The highest BCUT2D eigenvalue weighted by atomic mass is 35.5. The van der Waals surface area contributed by atoms with E-state index in [0.29, 0.717) is 11.3 Å². The molecule has 0 fully saturated rings. The molecule has 2 amide bonds. The van der Waals surface area contributed by atoms with Crippen LogP contribution in [-0.2, 0) is 4.79 Å². The number of nitrogens with one attached hydrogen (secondary N) is 1. The molecule has 0 aliphatic carbocycles. The molecule has 1 aromatic rings. The summed E-state index contributed by atoms with van der Waals surface area (Å²) in [5, 5.41) is 2.66. The molecule has 0 aliphatic rings. The first-order chi connectivity index (χ1) is 7.83. The Morgan fingerprint density at radius 2 is 1.72 bits per heavy atom. The van der Waals surface area contributed by atoms with E-state index in [-0.39, 0.29) is 24.9 Å². The van der Waals surface area contributed by atoms with E-state index in [1.807, 2.05) is 0 Å². The molecule has 5 N–H and O–H groups in total. The molecule has 0 atom stereocenters. The molecule has 0 saturated heterocycles. The Kier molecular flexibility index (Phi) is 5.65. The number of benzene rings is 1. The molecule has 0 heterocycles.